The summed E-state index contributed by atoms with van der Waals surface area (Å²) in [4.78, 5) is 12.4. The molecule has 0 radical (unpaired) electrons. The number of benzene rings is 2. The highest BCUT2D eigenvalue weighted by Crippen LogP contribution is 2.28. The van der Waals surface area contributed by atoms with Crippen LogP contribution in [0.3, 0.4) is 0 Å². The van der Waals surface area contributed by atoms with E-state index in [0.29, 0.717) is 17.3 Å². The van der Waals surface area contributed by atoms with Crippen LogP contribution in [0.2, 0.25) is 0 Å². The van der Waals surface area contributed by atoms with Crippen molar-refractivity contribution in [3.05, 3.63) is 72.2 Å². The van der Waals surface area contributed by atoms with Crippen LogP contribution in [0.4, 0.5) is 18.9 Å². The van der Waals surface area contributed by atoms with Crippen LogP contribution >= 0.6 is 0 Å². The number of carbonyl (C=O) groups excluding carboxylic acids is 1. The van der Waals surface area contributed by atoms with E-state index in [1.165, 1.54) is 31.4 Å². The van der Waals surface area contributed by atoms with Gasteiger partial charge in [-0.1, -0.05) is 24.3 Å². The highest BCUT2D eigenvalue weighted by molar-refractivity contribution is 6.03. The second-order valence-corrected chi connectivity index (χ2v) is 6.06. The molecule has 6 nitrogen and oxygen atoms in total. The van der Waals surface area contributed by atoms with Gasteiger partial charge in [-0.3, -0.25) is 4.79 Å². The van der Waals surface area contributed by atoms with Gasteiger partial charge in [-0.05, 0) is 36.4 Å². The number of rotatable bonds is 8. The minimum atomic E-state index is -4.49. The number of carbonyl (C=O) groups is 1. The number of anilines is 1. The smallest absolute Gasteiger partial charge is 0.422 e. The predicted octanol–water partition coefficient (Wildman–Crippen LogP) is 5.06. The van der Waals surface area contributed by atoms with E-state index in [0.717, 1.165) is 0 Å². The zero-order valence-electron chi connectivity index (χ0n) is 15.9. The largest absolute Gasteiger partial charge is 0.493 e. The molecule has 1 amide bonds. The van der Waals surface area contributed by atoms with Crippen LogP contribution in [-0.2, 0) is 6.61 Å². The third-order valence-electron chi connectivity index (χ3n) is 3.85. The van der Waals surface area contributed by atoms with Gasteiger partial charge in [-0.2, -0.15) is 13.2 Å². The molecule has 2 aromatic carbocycles. The maximum atomic E-state index is 12.4. The first-order valence-electron chi connectivity index (χ1n) is 8.80. The predicted molar refractivity (Wildman–Crippen MR) is 102 cm³/mol. The molecular weight excluding hydrogens is 403 g/mol. The van der Waals surface area contributed by atoms with Crippen LogP contribution in [0.5, 0.6) is 17.2 Å². The topological polar surface area (TPSA) is 69.9 Å². The van der Waals surface area contributed by atoms with E-state index in [9.17, 15) is 18.0 Å². The highest BCUT2D eigenvalue weighted by atomic mass is 19.4. The summed E-state index contributed by atoms with van der Waals surface area (Å²) >= 11 is 0. The van der Waals surface area contributed by atoms with E-state index in [1.807, 2.05) is 0 Å². The quantitative estimate of drug-likeness (QED) is 0.551. The summed E-state index contributed by atoms with van der Waals surface area (Å²) in [6.45, 7) is -1.41. The molecule has 0 bridgehead atoms. The minimum Gasteiger partial charge on any atom is -0.493 e. The Morgan fingerprint density at radius 2 is 1.60 bits per heavy atom. The Morgan fingerprint density at radius 3 is 2.30 bits per heavy atom. The second-order valence-electron chi connectivity index (χ2n) is 6.06. The van der Waals surface area contributed by atoms with Crippen molar-refractivity contribution in [1.82, 2.24) is 0 Å². The molecule has 0 spiro atoms. The average molecular weight is 421 g/mol. The van der Waals surface area contributed by atoms with E-state index in [1.54, 1.807) is 36.4 Å². The van der Waals surface area contributed by atoms with Crippen molar-refractivity contribution < 1.29 is 36.6 Å². The average Bonchev–Trinajstić information content (AvgIpc) is 3.20. The van der Waals surface area contributed by atoms with Gasteiger partial charge in [0.05, 0.1) is 12.8 Å². The number of amides is 1. The number of hydrogen-bond acceptors (Lipinski definition) is 5. The Hall–Kier alpha value is -3.62. The van der Waals surface area contributed by atoms with E-state index in [4.69, 9.17) is 18.6 Å². The number of halogens is 3. The fraction of sp³-hybridized carbons (Fsp3) is 0.190. The lowest BCUT2D eigenvalue weighted by atomic mass is 10.3. The monoisotopic (exact) mass is 421 g/mol. The molecule has 3 rings (SSSR count). The fourth-order valence-corrected chi connectivity index (χ4v) is 2.50. The van der Waals surface area contributed by atoms with Gasteiger partial charge in [0, 0.05) is 0 Å². The van der Waals surface area contributed by atoms with Gasteiger partial charge in [-0.25, -0.2) is 0 Å². The third-order valence-corrected chi connectivity index (χ3v) is 3.85. The molecule has 0 fully saturated rings. The number of nitrogens with one attached hydrogen (secondary N) is 1. The Bertz CT molecular complexity index is 1000. The summed E-state index contributed by atoms with van der Waals surface area (Å²) < 4.78 is 58.2. The lowest BCUT2D eigenvalue weighted by Crippen LogP contribution is -2.20. The summed E-state index contributed by atoms with van der Waals surface area (Å²) in [6.07, 6.45) is -4.49. The first-order valence-corrected chi connectivity index (χ1v) is 8.80. The molecule has 0 saturated carbocycles. The molecule has 1 heterocycles. The molecule has 0 atom stereocenters. The Labute approximate surface area is 170 Å². The zero-order valence-corrected chi connectivity index (χ0v) is 15.9. The van der Waals surface area contributed by atoms with Gasteiger partial charge in [0.25, 0.3) is 5.91 Å². The van der Waals surface area contributed by atoms with Crippen molar-refractivity contribution in [1.29, 1.82) is 0 Å². The summed E-state index contributed by atoms with van der Waals surface area (Å²) in [5.41, 5.74) is 0.0926. The first-order chi connectivity index (χ1) is 14.4. The summed E-state index contributed by atoms with van der Waals surface area (Å²) in [5, 5.41) is 2.48. The van der Waals surface area contributed by atoms with Gasteiger partial charge < -0.3 is 23.9 Å². The van der Waals surface area contributed by atoms with Gasteiger partial charge in [-0.15, -0.1) is 0 Å². The number of methoxy groups -OCH3 is 1. The number of furan rings is 1. The second kappa shape index (κ2) is 9.25. The van der Waals surface area contributed by atoms with E-state index in [-0.39, 0.29) is 23.8 Å². The minimum absolute atomic E-state index is 0.0285. The molecule has 3 aromatic rings. The maximum absolute atomic E-state index is 12.4. The van der Waals surface area contributed by atoms with Crippen LogP contribution in [-0.4, -0.2) is 25.8 Å². The number of alkyl halides is 3. The molecule has 1 N–H and O–H groups in total. The van der Waals surface area contributed by atoms with Crippen molar-refractivity contribution in [2.24, 2.45) is 0 Å². The van der Waals surface area contributed by atoms with Crippen LogP contribution in [0.15, 0.2) is 65.1 Å². The highest BCUT2D eigenvalue weighted by Gasteiger charge is 2.29. The molecule has 1 aromatic heterocycles. The van der Waals surface area contributed by atoms with Crippen LogP contribution in [0.1, 0.15) is 16.3 Å². The Kier molecular flexibility index (Phi) is 6.51. The molecule has 9 heteroatoms. The molecule has 0 saturated heterocycles. The first kappa shape index (κ1) is 21.1. The van der Waals surface area contributed by atoms with Gasteiger partial charge in [0.15, 0.2) is 23.9 Å². The lowest BCUT2D eigenvalue weighted by Gasteiger charge is -2.13. The van der Waals surface area contributed by atoms with Gasteiger partial charge in [0.2, 0.25) is 0 Å². The number of para-hydroxylation sites is 4. The molecule has 0 aliphatic rings. The lowest BCUT2D eigenvalue weighted by molar-refractivity contribution is -0.153. The summed E-state index contributed by atoms with van der Waals surface area (Å²) in [7, 11) is 1.52. The standard InChI is InChI=1S/C21H18F3NO5/c1-27-17-8-4-5-9-18(17)28-12-14-10-11-19(30-14)20(26)25-15-6-2-3-7-16(15)29-13-21(22,23)24/h2-11H,12-13H2,1H3,(H,25,26). The summed E-state index contributed by atoms with van der Waals surface area (Å²) in [6, 6.07) is 15.9. The maximum Gasteiger partial charge on any atom is 0.422 e. The van der Waals surface area contributed by atoms with Crippen molar-refractivity contribution in [3.63, 3.8) is 0 Å². The Morgan fingerprint density at radius 1 is 0.933 bits per heavy atom. The van der Waals surface area contributed by atoms with Gasteiger partial charge >= 0.3 is 6.18 Å². The third kappa shape index (κ3) is 5.69. The number of ether oxygens (including phenoxy) is 3. The molecule has 158 valence electrons. The fourth-order valence-electron chi connectivity index (χ4n) is 2.50. The van der Waals surface area contributed by atoms with Crippen molar-refractivity contribution in [2.45, 2.75) is 12.8 Å². The van der Waals surface area contributed by atoms with Crippen LogP contribution < -0.4 is 19.5 Å². The van der Waals surface area contributed by atoms with Gasteiger partial charge in [0.1, 0.15) is 18.1 Å². The molecule has 0 aliphatic heterocycles. The van der Waals surface area contributed by atoms with E-state index < -0.39 is 18.7 Å². The van der Waals surface area contributed by atoms with E-state index >= 15 is 0 Å². The van der Waals surface area contributed by atoms with Crippen LogP contribution in [0, 0.1) is 0 Å². The number of hydrogen-bond donors (Lipinski definition) is 1. The molecule has 0 aliphatic carbocycles. The molecule has 0 unspecified atom stereocenters. The zero-order chi connectivity index (χ0) is 21.6. The van der Waals surface area contributed by atoms with Crippen molar-refractivity contribution in [3.8, 4) is 17.2 Å². The van der Waals surface area contributed by atoms with Crippen LogP contribution in [0.25, 0.3) is 0 Å². The molecule has 30 heavy (non-hydrogen) atoms. The molecular formula is C21H18F3NO5. The Balaban J connectivity index is 1.63. The van der Waals surface area contributed by atoms with E-state index in [2.05, 4.69) is 5.32 Å². The SMILES string of the molecule is COc1ccccc1OCc1ccc(C(=O)Nc2ccccc2OCC(F)(F)F)o1. The van der Waals surface area contributed by atoms with Crippen molar-refractivity contribution in [2.75, 3.05) is 19.0 Å². The van der Waals surface area contributed by atoms with Crippen molar-refractivity contribution >= 4 is 11.6 Å². The normalized spacial score (nSPS) is 11.1. The summed E-state index contributed by atoms with van der Waals surface area (Å²) in [5.74, 6) is 0.679.